The summed E-state index contributed by atoms with van der Waals surface area (Å²) in [6, 6.07) is 11.7. The van der Waals surface area contributed by atoms with Crippen molar-refractivity contribution in [1.82, 2.24) is 9.97 Å². The van der Waals surface area contributed by atoms with E-state index in [2.05, 4.69) is 9.97 Å². The molecule has 0 aliphatic rings. The Bertz CT molecular complexity index is 740. The van der Waals surface area contributed by atoms with Crippen LogP contribution in [0.2, 0.25) is 5.02 Å². The zero-order valence-corrected chi connectivity index (χ0v) is 10.9. The molecule has 0 spiro atoms. The smallest absolute Gasteiger partial charge is 0.133 e. The van der Waals surface area contributed by atoms with E-state index < -0.39 is 0 Å². The van der Waals surface area contributed by atoms with Gasteiger partial charge in [-0.25, -0.2) is 4.98 Å². The predicted molar refractivity (Wildman–Crippen MR) is 78.2 cm³/mol. The Morgan fingerprint density at radius 2 is 2.00 bits per heavy atom. The highest BCUT2D eigenvalue weighted by Gasteiger charge is 2.06. The number of nitrogens with zero attached hydrogens (tertiary/aromatic N) is 2. The van der Waals surface area contributed by atoms with Crippen LogP contribution >= 0.6 is 11.6 Å². The molecule has 0 unspecified atom stereocenters. The lowest BCUT2D eigenvalue weighted by molar-refractivity contribution is 1.09. The zero-order chi connectivity index (χ0) is 13.2. The minimum absolute atomic E-state index is 0.507. The molecule has 0 aliphatic heterocycles. The van der Waals surface area contributed by atoms with Gasteiger partial charge in [0, 0.05) is 34.9 Å². The van der Waals surface area contributed by atoms with Gasteiger partial charge in [0.05, 0.1) is 0 Å². The SMILES string of the molecule is Nc1nc(Cc2ccccc2Cl)cc2ccncc12. The summed E-state index contributed by atoms with van der Waals surface area (Å²) < 4.78 is 0. The lowest BCUT2D eigenvalue weighted by atomic mass is 10.1. The molecular weight excluding hydrogens is 258 g/mol. The number of nitrogens with two attached hydrogens (primary N) is 1. The summed E-state index contributed by atoms with van der Waals surface area (Å²) in [7, 11) is 0. The highest BCUT2D eigenvalue weighted by Crippen LogP contribution is 2.23. The number of pyridine rings is 2. The number of hydrogen-bond acceptors (Lipinski definition) is 3. The number of fused-ring (bicyclic) bond motifs is 1. The van der Waals surface area contributed by atoms with Gasteiger partial charge in [0.2, 0.25) is 0 Å². The Labute approximate surface area is 116 Å². The van der Waals surface area contributed by atoms with E-state index in [1.807, 2.05) is 36.4 Å². The van der Waals surface area contributed by atoms with Crippen molar-refractivity contribution < 1.29 is 0 Å². The Balaban J connectivity index is 2.04. The average Bonchev–Trinajstić information content (AvgIpc) is 2.42. The minimum Gasteiger partial charge on any atom is -0.383 e. The standard InChI is InChI=1S/C15H12ClN3/c16-14-4-2-1-3-11(14)8-12-7-10-5-6-18-9-13(10)15(17)19-12/h1-7,9H,8H2,(H2,17,19). The number of hydrogen-bond donors (Lipinski definition) is 1. The molecule has 0 bridgehead atoms. The maximum atomic E-state index is 6.16. The summed E-state index contributed by atoms with van der Waals surface area (Å²) in [4.78, 5) is 8.48. The highest BCUT2D eigenvalue weighted by atomic mass is 35.5. The van der Waals surface area contributed by atoms with E-state index in [1.165, 1.54) is 0 Å². The molecular formula is C15H12ClN3. The van der Waals surface area contributed by atoms with Gasteiger partial charge in [-0.05, 0) is 29.1 Å². The van der Waals surface area contributed by atoms with Crippen LogP contribution < -0.4 is 5.73 Å². The maximum absolute atomic E-state index is 6.16. The molecule has 2 aromatic heterocycles. The summed E-state index contributed by atoms with van der Waals surface area (Å²) in [5.74, 6) is 0.507. The highest BCUT2D eigenvalue weighted by molar-refractivity contribution is 6.31. The van der Waals surface area contributed by atoms with Crippen LogP contribution in [0.15, 0.2) is 48.8 Å². The summed E-state index contributed by atoms with van der Waals surface area (Å²) >= 11 is 6.16. The van der Waals surface area contributed by atoms with Crippen LogP contribution in [0.1, 0.15) is 11.3 Å². The first kappa shape index (κ1) is 11.9. The van der Waals surface area contributed by atoms with Crippen molar-refractivity contribution in [1.29, 1.82) is 0 Å². The molecule has 2 heterocycles. The second-order valence-corrected chi connectivity index (χ2v) is 4.77. The van der Waals surface area contributed by atoms with Crippen LogP contribution in [0, 0.1) is 0 Å². The number of benzene rings is 1. The van der Waals surface area contributed by atoms with Crippen molar-refractivity contribution in [3.05, 3.63) is 65.1 Å². The van der Waals surface area contributed by atoms with Crippen LogP contribution in [0.25, 0.3) is 10.8 Å². The summed E-state index contributed by atoms with van der Waals surface area (Å²) in [6.45, 7) is 0. The lowest BCUT2D eigenvalue weighted by Gasteiger charge is -2.07. The van der Waals surface area contributed by atoms with Crippen molar-refractivity contribution in [2.45, 2.75) is 6.42 Å². The number of nitrogen functional groups attached to an aromatic ring is 1. The fourth-order valence-electron chi connectivity index (χ4n) is 2.10. The summed E-state index contributed by atoms with van der Waals surface area (Å²) in [5.41, 5.74) is 7.92. The third kappa shape index (κ3) is 2.37. The van der Waals surface area contributed by atoms with Gasteiger partial charge in [0.25, 0.3) is 0 Å². The normalized spacial score (nSPS) is 10.8. The van der Waals surface area contributed by atoms with Crippen molar-refractivity contribution in [3.63, 3.8) is 0 Å². The molecule has 0 saturated carbocycles. The largest absolute Gasteiger partial charge is 0.383 e. The molecule has 3 rings (SSSR count). The first-order valence-electron chi connectivity index (χ1n) is 5.96. The third-order valence-corrected chi connectivity index (χ3v) is 3.42. The van der Waals surface area contributed by atoms with Gasteiger partial charge in [-0.1, -0.05) is 29.8 Å². The Kier molecular flexibility index (Phi) is 3.05. The molecule has 4 heteroatoms. The maximum Gasteiger partial charge on any atom is 0.133 e. The molecule has 0 atom stereocenters. The number of halogens is 1. The second-order valence-electron chi connectivity index (χ2n) is 4.36. The predicted octanol–water partition coefficient (Wildman–Crippen LogP) is 3.46. The summed E-state index contributed by atoms with van der Waals surface area (Å²) in [6.07, 6.45) is 4.15. The topological polar surface area (TPSA) is 51.8 Å². The fourth-order valence-corrected chi connectivity index (χ4v) is 2.30. The quantitative estimate of drug-likeness (QED) is 0.775. The molecule has 1 aromatic carbocycles. The lowest BCUT2D eigenvalue weighted by Crippen LogP contribution is -1.99. The second kappa shape index (κ2) is 4.86. The van der Waals surface area contributed by atoms with Crippen molar-refractivity contribution >= 4 is 28.2 Å². The number of aromatic nitrogens is 2. The monoisotopic (exact) mass is 269 g/mol. The molecule has 0 aliphatic carbocycles. The first-order chi connectivity index (χ1) is 9.24. The van der Waals surface area contributed by atoms with Crippen LogP contribution in [0.4, 0.5) is 5.82 Å². The zero-order valence-electron chi connectivity index (χ0n) is 10.2. The number of anilines is 1. The van der Waals surface area contributed by atoms with E-state index in [0.29, 0.717) is 12.2 Å². The molecule has 94 valence electrons. The van der Waals surface area contributed by atoms with Gasteiger partial charge in [-0.15, -0.1) is 0 Å². The van der Waals surface area contributed by atoms with Crippen LogP contribution in [0.5, 0.6) is 0 Å². The molecule has 0 radical (unpaired) electrons. The van der Waals surface area contributed by atoms with Gasteiger partial charge < -0.3 is 5.73 Å². The Morgan fingerprint density at radius 1 is 1.16 bits per heavy atom. The van der Waals surface area contributed by atoms with Crippen LogP contribution in [0.3, 0.4) is 0 Å². The first-order valence-corrected chi connectivity index (χ1v) is 6.34. The van der Waals surface area contributed by atoms with E-state index in [-0.39, 0.29) is 0 Å². The van der Waals surface area contributed by atoms with Gasteiger partial charge in [0.1, 0.15) is 5.82 Å². The van der Waals surface area contributed by atoms with E-state index >= 15 is 0 Å². The van der Waals surface area contributed by atoms with Gasteiger partial charge in [0.15, 0.2) is 0 Å². The molecule has 0 amide bonds. The Hall–Kier alpha value is -2.13. The van der Waals surface area contributed by atoms with Crippen molar-refractivity contribution in [2.24, 2.45) is 0 Å². The van der Waals surface area contributed by atoms with Gasteiger partial charge in [-0.3, -0.25) is 4.98 Å². The molecule has 3 nitrogen and oxygen atoms in total. The van der Waals surface area contributed by atoms with Gasteiger partial charge in [-0.2, -0.15) is 0 Å². The number of rotatable bonds is 2. The van der Waals surface area contributed by atoms with E-state index in [1.54, 1.807) is 12.4 Å². The molecule has 0 saturated heterocycles. The average molecular weight is 270 g/mol. The van der Waals surface area contributed by atoms with E-state index in [4.69, 9.17) is 17.3 Å². The van der Waals surface area contributed by atoms with Crippen LogP contribution in [-0.2, 0) is 6.42 Å². The molecule has 0 fully saturated rings. The third-order valence-electron chi connectivity index (χ3n) is 3.05. The Morgan fingerprint density at radius 3 is 2.84 bits per heavy atom. The molecule has 2 N–H and O–H groups in total. The minimum atomic E-state index is 0.507. The van der Waals surface area contributed by atoms with Crippen molar-refractivity contribution in [2.75, 3.05) is 5.73 Å². The van der Waals surface area contributed by atoms with E-state index in [0.717, 1.165) is 27.1 Å². The summed E-state index contributed by atoms with van der Waals surface area (Å²) in [5, 5.41) is 2.67. The van der Waals surface area contributed by atoms with Crippen LogP contribution in [-0.4, -0.2) is 9.97 Å². The fraction of sp³-hybridized carbons (Fsp3) is 0.0667. The van der Waals surface area contributed by atoms with E-state index in [9.17, 15) is 0 Å². The van der Waals surface area contributed by atoms with Crippen molar-refractivity contribution in [3.8, 4) is 0 Å². The molecule has 3 aromatic rings. The molecule has 19 heavy (non-hydrogen) atoms. The van der Waals surface area contributed by atoms with Gasteiger partial charge >= 0.3 is 0 Å².